The summed E-state index contributed by atoms with van der Waals surface area (Å²) >= 11 is 0. The lowest BCUT2D eigenvalue weighted by atomic mass is 10.2. The smallest absolute Gasteiger partial charge is 0.433 e. The second-order valence-electron chi connectivity index (χ2n) is 4.21. The molecule has 1 aromatic heterocycles. The highest BCUT2D eigenvalue weighted by atomic mass is 32.2. The summed E-state index contributed by atoms with van der Waals surface area (Å²) in [5.41, 5.74) is 1.51. The van der Waals surface area contributed by atoms with Crippen LogP contribution in [-0.4, -0.2) is 36.5 Å². The fourth-order valence-corrected chi connectivity index (χ4v) is 1.90. The summed E-state index contributed by atoms with van der Waals surface area (Å²) < 4.78 is 38.7. The summed E-state index contributed by atoms with van der Waals surface area (Å²) in [6.07, 6.45) is 0.570. The molecule has 0 radical (unpaired) electrons. The van der Waals surface area contributed by atoms with E-state index in [1.807, 2.05) is 30.3 Å². The molecule has 0 bridgehead atoms. The van der Waals surface area contributed by atoms with Gasteiger partial charge >= 0.3 is 6.16 Å². The Labute approximate surface area is 121 Å². The van der Waals surface area contributed by atoms with Gasteiger partial charge in [-0.05, 0) is 12.1 Å². The molecule has 0 aliphatic heterocycles. The second-order valence-corrected chi connectivity index (χ2v) is 5.78. The van der Waals surface area contributed by atoms with Crippen molar-refractivity contribution in [3.8, 4) is 0 Å². The van der Waals surface area contributed by atoms with Crippen LogP contribution in [0, 0.1) is 0 Å². The Balaban J connectivity index is 1.85. The molecule has 0 saturated heterocycles. The lowest BCUT2D eigenvalue weighted by Gasteiger charge is -2.06. The molecule has 0 fully saturated rings. The van der Waals surface area contributed by atoms with Gasteiger partial charge in [0.2, 0.25) is 0 Å². The molecule has 8 heteroatoms. The zero-order valence-electron chi connectivity index (χ0n) is 10.9. The van der Waals surface area contributed by atoms with Gasteiger partial charge in [-0.3, -0.25) is 9.54 Å². The van der Waals surface area contributed by atoms with E-state index in [-0.39, 0.29) is 6.61 Å². The van der Waals surface area contributed by atoms with Crippen LogP contribution >= 0.6 is 0 Å². The van der Waals surface area contributed by atoms with Crippen molar-refractivity contribution < 1.29 is 27.2 Å². The Morgan fingerprint density at radius 2 is 2.00 bits per heavy atom. The van der Waals surface area contributed by atoms with Crippen molar-refractivity contribution in [3.05, 3.63) is 42.1 Å². The molecule has 0 aliphatic rings. The van der Waals surface area contributed by atoms with Gasteiger partial charge in [0.1, 0.15) is 19.0 Å². The Hall–Kier alpha value is -2.19. The molecular weight excluding hydrogens is 298 g/mol. The largest absolute Gasteiger partial charge is 0.508 e. The molecule has 0 saturated carbocycles. The third-order valence-corrected chi connectivity index (χ3v) is 3.25. The number of ether oxygens (including phenoxy) is 2. The topological polar surface area (TPSA) is 103 Å². The number of hydrogen-bond acceptors (Lipinski definition) is 6. The molecule has 21 heavy (non-hydrogen) atoms. The van der Waals surface area contributed by atoms with Gasteiger partial charge in [-0.1, -0.05) is 18.2 Å². The molecular formula is C13H13NO6S. The number of para-hydroxylation sites is 1. The maximum atomic E-state index is 11.2. The van der Waals surface area contributed by atoms with E-state index >= 15 is 0 Å². The van der Waals surface area contributed by atoms with Crippen LogP contribution in [0.3, 0.4) is 0 Å². The highest BCUT2D eigenvalue weighted by molar-refractivity contribution is 7.85. The quantitative estimate of drug-likeness (QED) is 0.663. The minimum absolute atomic E-state index is 0.0391. The molecule has 1 N–H and O–H groups in total. The fraction of sp³-hybridized carbons (Fsp3) is 0.231. The molecule has 7 nitrogen and oxygen atoms in total. The Bertz CT molecular complexity index is 743. The van der Waals surface area contributed by atoms with E-state index in [9.17, 15) is 13.2 Å². The number of pyridine rings is 1. The number of carbonyl (C=O) groups excluding carboxylic acids is 1. The van der Waals surface area contributed by atoms with Crippen LogP contribution in [0.2, 0.25) is 0 Å². The normalized spacial score (nSPS) is 11.3. The predicted molar refractivity (Wildman–Crippen MR) is 74.3 cm³/mol. The van der Waals surface area contributed by atoms with Crippen LogP contribution in [0.5, 0.6) is 0 Å². The first-order chi connectivity index (χ1) is 9.94. The first kappa shape index (κ1) is 15.2. The van der Waals surface area contributed by atoms with Crippen molar-refractivity contribution in [2.24, 2.45) is 0 Å². The van der Waals surface area contributed by atoms with Gasteiger partial charge in [0.05, 0.1) is 5.52 Å². The average molecular weight is 311 g/mol. The number of benzene rings is 1. The number of hydrogen-bond donors (Lipinski definition) is 1. The number of fused-ring (bicyclic) bond motifs is 1. The third kappa shape index (κ3) is 5.01. The standard InChI is InChI=1S/C13H13NO6S/c15-13(19-5-6-21(16,17)18)20-9-10-7-11-3-1-2-4-12(11)14-8-10/h1-4,7-8H,5-6,9H2,(H,16,17,18). The van der Waals surface area contributed by atoms with Gasteiger partial charge in [-0.25, -0.2) is 4.79 Å². The molecule has 2 rings (SSSR count). The van der Waals surface area contributed by atoms with E-state index in [2.05, 4.69) is 9.72 Å². The van der Waals surface area contributed by atoms with Crippen LogP contribution < -0.4 is 0 Å². The van der Waals surface area contributed by atoms with E-state index < -0.39 is 28.6 Å². The first-order valence-electron chi connectivity index (χ1n) is 6.02. The molecule has 1 aromatic carbocycles. The molecule has 0 atom stereocenters. The van der Waals surface area contributed by atoms with Gasteiger partial charge in [0, 0.05) is 17.1 Å². The third-order valence-electron chi connectivity index (χ3n) is 2.56. The summed E-state index contributed by atoms with van der Waals surface area (Å²) in [5.74, 6) is -0.667. The van der Waals surface area contributed by atoms with Crippen LogP contribution in [-0.2, 0) is 26.2 Å². The minimum Gasteiger partial charge on any atom is -0.433 e. The highest BCUT2D eigenvalue weighted by Crippen LogP contribution is 2.13. The van der Waals surface area contributed by atoms with Gasteiger partial charge in [-0.2, -0.15) is 8.42 Å². The van der Waals surface area contributed by atoms with E-state index in [4.69, 9.17) is 9.29 Å². The molecule has 2 aromatic rings. The summed E-state index contributed by atoms with van der Waals surface area (Å²) in [7, 11) is -4.15. The number of rotatable bonds is 5. The van der Waals surface area contributed by atoms with Crippen LogP contribution in [0.15, 0.2) is 36.5 Å². The van der Waals surface area contributed by atoms with Gasteiger partial charge < -0.3 is 9.47 Å². The summed E-state index contributed by atoms with van der Waals surface area (Å²) in [5, 5.41) is 0.915. The summed E-state index contributed by atoms with van der Waals surface area (Å²) in [6, 6.07) is 9.32. The van der Waals surface area contributed by atoms with E-state index in [1.54, 1.807) is 6.20 Å². The Morgan fingerprint density at radius 3 is 2.76 bits per heavy atom. The van der Waals surface area contributed by atoms with Crippen molar-refractivity contribution in [1.29, 1.82) is 0 Å². The average Bonchev–Trinajstić information content (AvgIpc) is 2.43. The summed E-state index contributed by atoms with van der Waals surface area (Å²) in [6.45, 7) is -0.504. The SMILES string of the molecule is O=C(OCCS(=O)(=O)O)OCc1cnc2ccccc2c1. The first-order valence-corrected chi connectivity index (χ1v) is 7.63. The monoisotopic (exact) mass is 311 g/mol. The lowest BCUT2D eigenvalue weighted by Crippen LogP contribution is -2.15. The zero-order chi connectivity index (χ0) is 15.3. The molecule has 0 aliphatic carbocycles. The van der Waals surface area contributed by atoms with Crippen LogP contribution in [0.25, 0.3) is 10.9 Å². The van der Waals surface area contributed by atoms with Crippen LogP contribution in [0.4, 0.5) is 4.79 Å². The number of carbonyl (C=O) groups is 1. The molecule has 0 spiro atoms. The Morgan fingerprint density at radius 1 is 1.24 bits per heavy atom. The molecule has 1 heterocycles. The van der Waals surface area contributed by atoms with Crippen molar-refractivity contribution in [2.75, 3.05) is 12.4 Å². The number of nitrogens with zero attached hydrogens (tertiary/aromatic N) is 1. The van der Waals surface area contributed by atoms with Crippen molar-refractivity contribution in [3.63, 3.8) is 0 Å². The zero-order valence-corrected chi connectivity index (χ0v) is 11.7. The van der Waals surface area contributed by atoms with Crippen LogP contribution in [0.1, 0.15) is 5.56 Å². The molecule has 112 valence electrons. The molecule has 0 unspecified atom stereocenters. The molecule has 0 amide bonds. The van der Waals surface area contributed by atoms with Crippen molar-refractivity contribution in [1.82, 2.24) is 4.98 Å². The van der Waals surface area contributed by atoms with Crippen molar-refractivity contribution >= 4 is 27.2 Å². The van der Waals surface area contributed by atoms with E-state index in [1.165, 1.54) is 0 Å². The highest BCUT2D eigenvalue weighted by Gasteiger charge is 2.09. The number of aromatic nitrogens is 1. The lowest BCUT2D eigenvalue weighted by molar-refractivity contribution is 0.0539. The van der Waals surface area contributed by atoms with Crippen molar-refractivity contribution in [2.45, 2.75) is 6.61 Å². The predicted octanol–water partition coefficient (Wildman–Crippen LogP) is 1.78. The van der Waals surface area contributed by atoms with E-state index in [0.717, 1.165) is 10.9 Å². The second kappa shape index (κ2) is 6.51. The fourth-order valence-electron chi connectivity index (χ4n) is 1.61. The van der Waals surface area contributed by atoms with E-state index in [0.29, 0.717) is 5.56 Å². The van der Waals surface area contributed by atoms with Gasteiger partial charge in [0.15, 0.2) is 0 Å². The minimum atomic E-state index is -4.15. The Kier molecular flexibility index (Phi) is 4.71. The maximum Gasteiger partial charge on any atom is 0.508 e. The van der Waals surface area contributed by atoms with Gasteiger partial charge in [-0.15, -0.1) is 0 Å². The van der Waals surface area contributed by atoms with Gasteiger partial charge in [0.25, 0.3) is 10.1 Å². The summed E-state index contributed by atoms with van der Waals surface area (Å²) in [4.78, 5) is 15.4. The maximum absolute atomic E-state index is 11.2.